The minimum Gasteiger partial charge on any atom is -0.489 e. The number of hydrogen-bond acceptors (Lipinski definition) is 6. The van der Waals surface area contributed by atoms with Crippen molar-refractivity contribution in [1.82, 2.24) is 14.9 Å². The molecule has 0 unspecified atom stereocenters. The first kappa shape index (κ1) is 18.5. The fraction of sp³-hybridized carbons (Fsp3) is 0.500. The SMILES string of the molecule is CCN1CCN(c2cc(Nc3ccccc3OC(C)C)nc(C)n2)CC1. The van der Waals surface area contributed by atoms with E-state index in [1.165, 1.54) is 0 Å². The first-order valence-electron chi connectivity index (χ1n) is 9.41. The number of nitrogens with one attached hydrogen (secondary N) is 1. The Bertz CT molecular complexity index is 726. The topological polar surface area (TPSA) is 53.5 Å². The molecule has 3 rings (SSSR count). The summed E-state index contributed by atoms with van der Waals surface area (Å²) in [6.45, 7) is 13.5. The maximum Gasteiger partial charge on any atom is 0.143 e. The predicted molar refractivity (Wildman–Crippen MR) is 107 cm³/mol. The second-order valence-electron chi connectivity index (χ2n) is 6.87. The number of para-hydroxylation sites is 2. The number of piperazine rings is 1. The highest BCUT2D eigenvalue weighted by Gasteiger charge is 2.18. The molecule has 1 aromatic carbocycles. The van der Waals surface area contributed by atoms with Crippen LogP contribution in [0.15, 0.2) is 30.3 Å². The first-order chi connectivity index (χ1) is 12.5. The number of aromatic nitrogens is 2. The Morgan fingerprint density at radius 2 is 1.85 bits per heavy atom. The molecule has 6 heteroatoms. The molecular weight excluding hydrogens is 326 g/mol. The Labute approximate surface area is 156 Å². The van der Waals surface area contributed by atoms with Crippen LogP contribution >= 0.6 is 0 Å². The van der Waals surface area contributed by atoms with Crippen molar-refractivity contribution >= 4 is 17.3 Å². The Hall–Kier alpha value is -2.34. The quantitative estimate of drug-likeness (QED) is 0.856. The molecule has 0 radical (unpaired) electrons. The summed E-state index contributed by atoms with van der Waals surface area (Å²) in [5, 5.41) is 3.40. The van der Waals surface area contributed by atoms with Gasteiger partial charge >= 0.3 is 0 Å². The molecule has 0 bridgehead atoms. The van der Waals surface area contributed by atoms with E-state index in [-0.39, 0.29) is 6.10 Å². The Balaban J connectivity index is 1.79. The fourth-order valence-corrected chi connectivity index (χ4v) is 3.14. The highest BCUT2D eigenvalue weighted by Crippen LogP contribution is 2.28. The lowest BCUT2D eigenvalue weighted by molar-refractivity contribution is 0.244. The van der Waals surface area contributed by atoms with Crippen LogP contribution in [0.1, 0.15) is 26.6 Å². The van der Waals surface area contributed by atoms with Gasteiger partial charge in [0.25, 0.3) is 0 Å². The molecule has 26 heavy (non-hydrogen) atoms. The highest BCUT2D eigenvalue weighted by atomic mass is 16.5. The Morgan fingerprint density at radius 1 is 1.12 bits per heavy atom. The number of ether oxygens (including phenoxy) is 1. The second kappa shape index (κ2) is 8.36. The smallest absolute Gasteiger partial charge is 0.143 e. The molecule has 0 aliphatic carbocycles. The van der Waals surface area contributed by atoms with Crippen molar-refractivity contribution in [2.24, 2.45) is 0 Å². The second-order valence-corrected chi connectivity index (χ2v) is 6.87. The zero-order chi connectivity index (χ0) is 18.5. The minimum absolute atomic E-state index is 0.121. The van der Waals surface area contributed by atoms with Crippen LogP contribution in [0.5, 0.6) is 5.75 Å². The molecule has 1 aromatic heterocycles. The van der Waals surface area contributed by atoms with Crippen molar-refractivity contribution in [2.45, 2.75) is 33.8 Å². The Morgan fingerprint density at radius 3 is 2.54 bits per heavy atom. The summed E-state index contributed by atoms with van der Waals surface area (Å²) >= 11 is 0. The molecule has 0 saturated carbocycles. The lowest BCUT2D eigenvalue weighted by atomic mass is 10.2. The standard InChI is InChI=1S/C20H29N5O/c1-5-24-10-12-25(13-11-24)20-14-19(21-16(4)22-20)23-17-8-6-7-9-18(17)26-15(2)3/h6-9,14-15H,5,10-13H2,1-4H3,(H,21,22,23). The van der Waals surface area contributed by atoms with E-state index in [9.17, 15) is 0 Å². The molecule has 6 nitrogen and oxygen atoms in total. The van der Waals surface area contributed by atoms with Crippen molar-refractivity contribution in [3.05, 3.63) is 36.2 Å². The van der Waals surface area contributed by atoms with Crippen LogP contribution in [-0.4, -0.2) is 53.7 Å². The monoisotopic (exact) mass is 355 g/mol. The van der Waals surface area contributed by atoms with Crippen molar-refractivity contribution in [2.75, 3.05) is 42.9 Å². The van der Waals surface area contributed by atoms with E-state index in [4.69, 9.17) is 4.74 Å². The molecule has 1 fully saturated rings. The molecular formula is C20H29N5O. The van der Waals surface area contributed by atoms with Gasteiger partial charge in [-0.05, 0) is 39.4 Å². The summed E-state index contributed by atoms with van der Waals surface area (Å²) in [7, 11) is 0. The van der Waals surface area contributed by atoms with Crippen LogP contribution in [0.3, 0.4) is 0 Å². The van der Waals surface area contributed by atoms with Gasteiger partial charge in [0.1, 0.15) is 23.2 Å². The van der Waals surface area contributed by atoms with Crippen LogP contribution in [-0.2, 0) is 0 Å². The number of benzene rings is 1. The van der Waals surface area contributed by atoms with E-state index in [1.807, 2.05) is 51.1 Å². The normalized spacial score (nSPS) is 15.3. The van der Waals surface area contributed by atoms with Gasteiger partial charge in [0, 0.05) is 32.2 Å². The number of nitrogens with zero attached hydrogens (tertiary/aromatic N) is 4. The average Bonchev–Trinajstić information content (AvgIpc) is 2.62. The van der Waals surface area contributed by atoms with Crippen LogP contribution in [0.25, 0.3) is 0 Å². The molecule has 2 heterocycles. The van der Waals surface area contributed by atoms with Gasteiger partial charge in [0.2, 0.25) is 0 Å². The maximum absolute atomic E-state index is 5.90. The minimum atomic E-state index is 0.121. The summed E-state index contributed by atoms with van der Waals surface area (Å²) in [6.07, 6.45) is 0.121. The molecule has 1 aliphatic rings. The zero-order valence-electron chi connectivity index (χ0n) is 16.2. The highest BCUT2D eigenvalue weighted by molar-refractivity contribution is 5.65. The van der Waals surface area contributed by atoms with Crippen molar-refractivity contribution in [3.8, 4) is 5.75 Å². The summed E-state index contributed by atoms with van der Waals surface area (Å²) in [5.74, 6) is 3.38. The largest absolute Gasteiger partial charge is 0.489 e. The zero-order valence-corrected chi connectivity index (χ0v) is 16.2. The third-order valence-corrected chi connectivity index (χ3v) is 4.48. The summed E-state index contributed by atoms with van der Waals surface area (Å²) in [6, 6.07) is 9.98. The number of anilines is 3. The lowest BCUT2D eigenvalue weighted by Gasteiger charge is -2.34. The van der Waals surface area contributed by atoms with E-state index >= 15 is 0 Å². The van der Waals surface area contributed by atoms with Gasteiger partial charge in [0.15, 0.2) is 0 Å². The van der Waals surface area contributed by atoms with E-state index in [0.717, 1.165) is 61.6 Å². The van der Waals surface area contributed by atoms with Crippen LogP contribution in [0.2, 0.25) is 0 Å². The number of hydrogen-bond donors (Lipinski definition) is 1. The average molecular weight is 355 g/mol. The third-order valence-electron chi connectivity index (χ3n) is 4.48. The summed E-state index contributed by atoms with van der Waals surface area (Å²) in [4.78, 5) is 14.0. The summed E-state index contributed by atoms with van der Waals surface area (Å²) < 4.78 is 5.90. The summed E-state index contributed by atoms with van der Waals surface area (Å²) in [5.41, 5.74) is 0.918. The molecule has 1 N–H and O–H groups in total. The molecule has 140 valence electrons. The number of rotatable bonds is 6. The van der Waals surface area contributed by atoms with E-state index in [0.29, 0.717) is 0 Å². The fourth-order valence-electron chi connectivity index (χ4n) is 3.14. The van der Waals surface area contributed by atoms with Gasteiger partial charge in [-0.2, -0.15) is 0 Å². The molecule has 0 spiro atoms. The molecule has 1 saturated heterocycles. The van der Waals surface area contributed by atoms with Crippen LogP contribution in [0, 0.1) is 6.92 Å². The van der Waals surface area contributed by atoms with Crippen LogP contribution < -0.4 is 15.0 Å². The van der Waals surface area contributed by atoms with Gasteiger partial charge < -0.3 is 19.9 Å². The molecule has 0 amide bonds. The predicted octanol–water partition coefficient (Wildman–Crippen LogP) is 3.46. The van der Waals surface area contributed by atoms with Crippen molar-refractivity contribution in [3.63, 3.8) is 0 Å². The van der Waals surface area contributed by atoms with Gasteiger partial charge in [-0.3, -0.25) is 0 Å². The van der Waals surface area contributed by atoms with Gasteiger partial charge in [-0.25, -0.2) is 9.97 Å². The first-order valence-corrected chi connectivity index (χ1v) is 9.41. The molecule has 0 atom stereocenters. The third kappa shape index (κ3) is 4.64. The van der Waals surface area contributed by atoms with Gasteiger partial charge in [-0.15, -0.1) is 0 Å². The molecule has 2 aromatic rings. The van der Waals surface area contributed by atoms with Crippen molar-refractivity contribution in [1.29, 1.82) is 0 Å². The van der Waals surface area contributed by atoms with E-state index < -0.39 is 0 Å². The van der Waals surface area contributed by atoms with Gasteiger partial charge in [-0.1, -0.05) is 19.1 Å². The van der Waals surface area contributed by atoms with E-state index in [2.05, 4.69) is 32.0 Å². The number of likely N-dealkylation sites (N-methyl/N-ethyl adjacent to an activating group) is 1. The molecule has 1 aliphatic heterocycles. The van der Waals surface area contributed by atoms with Gasteiger partial charge in [0.05, 0.1) is 11.8 Å². The van der Waals surface area contributed by atoms with E-state index in [1.54, 1.807) is 0 Å². The number of aryl methyl sites for hydroxylation is 1. The lowest BCUT2D eigenvalue weighted by Crippen LogP contribution is -2.46. The van der Waals surface area contributed by atoms with Crippen molar-refractivity contribution < 1.29 is 4.74 Å². The maximum atomic E-state index is 5.90. The van der Waals surface area contributed by atoms with Crippen LogP contribution in [0.4, 0.5) is 17.3 Å². The Kier molecular flexibility index (Phi) is 5.93.